The molecule has 0 aromatic heterocycles. The van der Waals surface area contributed by atoms with E-state index in [1.54, 1.807) is 6.92 Å². The highest BCUT2D eigenvalue weighted by Gasteiger charge is 2.41. The first-order valence-corrected chi connectivity index (χ1v) is 7.88. The van der Waals surface area contributed by atoms with Gasteiger partial charge in [0.25, 0.3) is 0 Å². The highest BCUT2D eigenvalue weighted by atomic mass is 16.6. The molecule has 1 unspecified atom stereocenters. The molecule has 0 radical (unpaired) electrons. The summed E-state index contributed by atoms with van der Waals surface area (Å²) in [5.41, 5.74) is 0.872. The van der Waals surface area contributed by atoms with Gasteiger partial charge in [0.05, 0.1) is 6.61 Å². The second-order valence-electron chi connectivity index (χ2n) is 5.60. The minimum absolute atomic E-state index is 0.123. The fourth-order valence-electron chi connectivity index (χ4n) is 2.76. The highest BCUT2D eigenvalue weighted by molar-refractivity contribution is 5.94. The number of hydrogen-bond donors (Lipinski definition) is 1. The molecule has 1 N–H and O–H groups in total. The predicted molar refractivity (Wildman–Crippen MR) is 84.1 cm³/mol. The van der Waals surface area contributed by atoms with Gasteiger partial charge in [0.15, 0.2) is 5.92 Å². The van der Waals surface area contributed by atoms with Crippen LogP contribution in [-0.4, -0.2) is 47.7 Å². The average Bonchev–Trinajstić information content (AvgIpc) is 3.03. The van der Waals surface area contributed by atoms with Gasteiger partial charge in [0.2, 0.25) is 0 Å². The predicted octanol–water partition coefficient (Wildman–Crippen LogP) is 1.91. The number of nitrogens with zero attached hydrogens (tertiary/aromatic N) is 1. The second kappa shape index (κ2) is 8.33. The van der Waals surface area contributed by atoms with Crippen molar-refractivity contribution < 1.29 is 29.0 Å². The topological polar surface area (TPSA) is 93.1 Å². The fourth-order valence-corrected chi connectivity index (χ4v) is 2.76. The Morgan fingerprint density at radius 1 is 1.25 bits per heavy atom. The molecule has 1 saturated heterocycles. The van der Waals surface area contributed by atoms with Crippen molar-refractivity contribution in [2.24, 2.45) is 11.8 Å². The van der Waals surface area contributed by atoms with Crippen LogP contribution in [0.2, 0.25) is 0 Å². The molecule has 2 rings (SSSR count). The summed E-state index contributed by atoms with van der Waals surface area (Å²) in [7, 11) is 0. The van der Waals surface area contributed by atoms with Crippen molar-refractivity contribution in [3.63, 3.8) is 0 Å². The molecule has 1 aromatic carbocycles. The maximum Gasteiger partial charge on any atom is 0.410 e. The fraction of sp³-hybridized carbons (Fsp3) is 0.471. The summed E-state index contributed by atoms with van der Waals surface area (Å²) in [5.74, 6) is -3.70. The first kappa shape index (κ1) is 17.8. The Kier molecular flexibility index (Phi) is 6.17. The molecule has 1 aliphatic rings. The number of amides is 1. The molecular formula is C17H21NO6. The summed E-state index contributed by atoms with van der Waals surface area (Å²) in [6, 6.07) is 9.28. The van der Waals surface area contributed by atoms with Crippen LogP contribution in [0, 0.1) is 11.8 Å². The standard InChI is InChI=1S/C17H21NO6/c1-2-23-16(21)14(15(19)20)13-8-9-18(10-13)17(22)24-11-12-6-4-3-5-7-12/h3-7,13-14H,2,8-11H2,1H3,(H,19,20)/t13-,14?/m0/s1. The third kappa shape index (κ3) is 4.47. The molecule has 7 heteroatoms. The Morgan fingerprint density at radius 2 is 1.96 bits per heavy atom. The first-order valence-electron chi connectivity index (χ1n) is 7.88. The normalized spacial score (nSPS) is 18.0. The van der Waals surface area contributed by atoms with Crippen LogP contribution in [0.3, 0.4) is 0 Å². The minimum atomic E-state index is -1.25. The van der Waals surface area contributed by atoms with Gasteiger partial charge < -0.3 is 19.5 Å². The quantitative estimate of drug-likeness (QED) is 0.630. The Bertz CT molecular complexity index is 588. The van der Waals surface area contributed by atoms with Crippen molar-refractivity contribution in [2.45, 2.75) is 20.0 Å². The number of rotatable bonds is 6. The number of carbonyl (C=O) groups excluding carboxylic acids is 2. The van der Waals surface area contributed by atoms with Crippen LogP contribution in [0.4, 0.5) is 4.79 Å². The third-order valence-electron chi connectivity index (χ3n) is 3.97. The number of aliphatic carboxylic acids is 1. The van der Waals surface area contributed by atoms with E-state index in [1.165, 1.54) is 4.90 Å². The number of esters is 1. The molecule has 130 valence electrons. The number of likely N-dealkylation sites (tertiary alicyclic amines) is 1. The molecular weight excluding hydrogens is 314 g/mol. The van der Waals surface area contributed by atoms with E-state index in [9.17, 15) is 19.5 Å². The van der Waals surface area contributed by atoms with Gasteiger partial charge in [-0.3, -0.25) is 9.59 Å². The molecule has 0 saturated carbocycles. The van der Waals surface area contributed by atoms with Gasteiger partial charge in [-0.15, -0.1) is 0 Å². The minimum Gasteiger partial charge on any atom is -0.481 e. The smallest absolute Gasteiger partial charge is 0.410 e. The van der Waals surface area contributed by atoms with Gasteiger partial charge >= 0.3 is 18.0 Å². The van der Waals surface area contributed by atoms with Crippen LogP contribution >= 0.6 is 0 Å². The monoisotopic (exact) mass is 335 g/mol. The van der Waals surface area contributed by atoms with Crippen LogP contribution in [0.25, 0.3) is 0 Å². The summed E-state index contributed by atoms with van der Waals surface area (Å²) >= 11 is 0. The van der Waals surface area contributed by atoms with Crippen LogP contribution in [0.5, 0.6) is 0 Å². The van der Waals surface area contributed by atoms with Gasteiger partial charge in [0, 0.05) is 19.0 Å². The molecule has 1 aliphatic heterocycles. The Balaban J connectivity index is 1.89. The van der Waals surface area contributed by atoms with E-state index in [0.29, 0.717) is 13.0 Å². The number of hydrogen-bond acceptors (Lipinski definition) is 5. The van der Waals surface area contributed by atoms with Gasteiger partial charge in [0.1, 0.15) is 6.61 Å². The van der Waals surface area contributed by atoms with Crippen LogP contribution in [0.1, 0.15) is 18.9 Å². The van der Waals surface area contributed by atoms with E-state index >= 15 is 0 Å². The second-order valence-corrected chi connectivity index (χ2v) is 5.60. The van der Waals surface area contributed by atoms with Crippen LogP contribution < -0.4 is 0 Å². The molecule has 7 nitrogen and oxygen atoms in total. The van der Waals surface area contributed by atoms with Crippen molar-refractivity contribution in [2.75, 3.05) is 19.7 Å². The summed E-state index contributed by atoms with van der Waals surface area (Å²) in [6.07, 6.45) is -0.0784. The zero-order chi connectivity index (χ0) is 17.5. The number of ether oxygens (including phenoxy) is 2. The molecule has 1 aromatic rings. The molecule has 2 atom stereocenters. The zero-order valence-electron chi connectivity index (χ0n) is 13.5. The lowest BCUT2D eigenvalue weighted by atomic mass is 9.92. The van der Waals surface area contributed by atoms with Crippen molar-refractivity contribution in [3.8, 4) is 0 Å². The third-order valence-corrected chi connectivity index (χ3v) is 3.97. The van der Waals surface area contributed by atoms with E-state index in [1.807, 2.05) is 30.3 Å². The summed E-state index contributed by atoms with van der Waals surface area (Å²) in [5, 5.41) is 9.27. The van der Waals surface area contributed by atoms with Crippen molar-refractivity contribution in [1.29, 1.82) is 0 Å². The van der Waals surface area contributed by atoms with E-state index in [4.69, 9.17) is 9.47 Å². The molecule has 0 spiro atoms. The van der Waals surface area contributed by atoms with E-state index < -0.39 is 29.9 Å². The lowest BCUT2D eigenvalue weighted by Gasteiger charge is -2.19. The highest BCUT2D eigenvalue weighted by Crippen LogP contribution is 2.26. The number of carboxylic acids is 1. The first-order chi connectivity index (χ1) is 11.5. The van der Waals surface area contributed by atoms with Crippen molar-refractivity contribution in [1.82, 2.24) is 4.90 Å². The van der Waals surface area contributed by atoms with Gasteiger partial charge in [-0.25, -0.2) is 4.79 Å². The summed E-state index contributed by atoms with van der Waals surface area (Å²) in [6.45, 7) is 2.43. The molecule has 1 amide bonds. The van der Waals surface area contributed by atoms with E-state index in [2.05, 4.69) is 0 Å². The van der Waals surface area contributed by atoms with Crippen molar-refractivity contribution >= 4 is 18.0 Å². The molecule has 1 fully saturated rings. The van der Waals surface area contributed by atoms with Crippen molar-refractivity contribution in [3.05, 3.63) is 35.9 Å². The van der Waals surface area contributed by atoms with Gasteiger partial charge in [-0.1, -0.05) is 30.3 Å². The van der Waals surface area contributed by atoms with E-state index in [0.717, 1.165) is 5.56 Å². The van der Waals surface area contributed by atoms with E-state index in [-0.39, 0.29) is 19.8 Å². The number of carboxylic acid groups (broad SMARTS) is 1. The lowest BCUT2D eigenvalue weighted by molar-refractivity contribution is -0.160. The van der Waals surface area contributed by atoms with Crippen LogP contribution in [-0.2, 0) is 25.7 Å². The Hall–Kier alpha value is -2.57. The number of carbonyl (C=O) groups is 3. The average molecular weight is 335 g/mol. The van der Waals surface area contributed by atoms with Crippen LogP contribution in [0.15, 0.2) is 30.3 Å². The summed E-state index contributed by atoms with van der Waals surface area (Å²) in [4.78, 5) is 36.7. The van der Waals surface area contributed by atoms with Gasteiger partial charge in [-0.05, 0) is 18.9 Å². The zero-order valence-corrected chi connectivity index (χ0v) is 13.5. The SMILES string of the molecule is CCOC(=O)C(C(=O)O)[C@H]1CCN(C(=O)OCc2ccccc2)C1. The Morgan fingerprint density at radius 3 is 2.58 bits per heavy atom. The molecule has 1 heterocycles. The van der Waals surface area contributed by atoms with Gasteiger partial charge in [-0.2, -0.15) is 0 Å². The summed E-state index contributed by atoms with van der Waals surface area (Å²) < 4.78 is 10.1. The lowest BCUT2D eigenvalue weighted by Crippen LogP contribution is -2.36. The maximum atomic E-state index is 12.1. The maximum absolute atomic E-state index is 12.1. The Labute approximate surface area is 140 Å². The molecule has 0 aliphatic carbocycles. The largest absolute Gasteiger partial charge is 0.481 e. The molecule has 24 heavy (non-hydrogen) atoms. The molecule has 0 bridgehead atoms. The number of benzene rings is 1.